The van der Waals surface area contributed by atoms with Crippen LogP contribution in [0.2, 0.25) is 0 Å². The van der Waals surface area contributed by atoms with Crippen molar-refractivity contribution in [2.45, 2.75) is 40.0 Å². The summed E-state index contributed by atoms with van der Waals surface area (Å²) >= 11 is 0. The molecule has 4 aromatic carbocycles. The number of anilines is 4. The van der Waals surface area contributed by atoms with E-state index in [-0.39, 0.29) is 47.1 Å². The largest absolute Gasteiger partial charge is 0.497 e. The van der Waals surface area contributed by atoms with Crippen LogP contribution in [0.1, 0.15) is 46.0 Å². The molecule has 4 heterocycles. The maximum atomic E-state index is 12.8. The minimum absolute atomic E-state index is 0.0376. The van der Waals surface area contributed by atoms with E-state index in [1.807, 2.05) is 78.9 Å². The Bertz CT molecular complexity index is 3040. The summed E-state index contributed by atoms with van der Waals surface area (Å²) in [5, 5.41) is 21.5. The van der Waals surface area contributed by atoms with Gasteiger partial charge in [-0.3, -0.25) is 19.6 Å². The lowest BCUT2D eigenvalue weighted by molar-refractivity contribution is 0.0460. The van der Waals surface area contributed by atoms with E-state index in [9.17, 15) is 19.2 Å². The second-order valence-corrected chi connectivity index (χ2v) is 14.7. The molecule has 16 heteroatoms. The predicted molar refractivity (Wildman–Crippen MR) is 254 cm³/mol. The third-order valence-corrected chi connectivity index (χ3v) is 10.3. The van der Waals surface area contributed by atoms with Crippen molar-refractivity contribution in [1.29, 1.82) is 0 Å². The van der Waals surface area contributed by atoms with Crippen LogP contribution in [0.3, 0.4) is 0 Å². The molecular weight excluding hydrogens is 839 g/mol. The van der Waals surface area contributed by atoms with Gasteiger partial charge in [0.05, 0.1) is 30.9 Å². The minimum atomic E-state index is -0.623. The number of aromatic nitrogens is 6. The van der Waals surface area contributed by atoms with Crippen molar-refractivity contribution < 1.29 is 23.8 Å². The third-order valence-electron chi connectivity index (χ3n) is 10.3. The molecule has 0 unspecified atom stereocenters. The van der Waals surface area contributed by atoms with E-state index in [0.29, 0.717) is 31.0 Å². The van der Waals surface area contributed by atoms with Crippen LogP contribution in [0.15, 0.2) is 150 Å². The SMILES string of the molecule is CCn1nc(C(=O)OCCNCCc2ccccc2)cc(Nc2cncc3ccccc23)c1=O.CCn1nc(C(=O)OCc2ccc(OC)cc2)cc(Nc2cncc3ccccc23)c1=O. The molecule has 336 valence electrons. The average molecular weight is 888 g/mol. The first kappa shape index (κ1) is 45.8. The highest BCUT2D eigenvalue weighted by molar-refractivity contribution is 5.96. The lowest BCUT2D eigenvalue weighted by Gasteiger charge is -2.12. The fraction of sp³-hybridized carbons (Fsp3) is 0.200. The summed E-state index contributed by atoms with van der Waals surface area (Å²) in [5.41, 5.74) is 3.29. The molecule has 0 spiro atoms. The standard InChI is InChI=1S/C26H27N5O3.C24H22N4O4/c1-2-31-25(32)22(29-24-18-28-17-20-10-6-7-11-21(20)24)16-23(30-31)26(33)34-15-14-27-13-12-19-8-4-3-5-9-19;1-3-28-23(29)20(26-22-14-25-13-17-6-4-5-7-19(17)22)12-21(27-28)24(30)32-15-16-8-10-18(31-2)11-9-16/h3-11,16-18,27,29H,2,12-15H2,1H3;4-14,26H,3,15H2,1-2H3. The number of methoxy groups -OCH3 is 1. The quantitative estimate of drug-likeness (QED) is 0.0602. The summed E-state index contributed by atoms with van der Waals surface area (Å²) in [6.45, 7) is 5.80. The average Bonchev–Trinajstić information content (AvgIpc) is 3.36. The molecule has 0 saturated carbocycles. The maximum absolute atomic E-state index is 12.8. The summed E-state index contributed by atoms with van der Waals surface area (Å²) in [4.78, 5) is 59.4. The molecule has 3 N–H and O–H groups in total. The zero-order valence-corrected chi connectivity index (χ0v) is 36.8. The van der Waals surface area contributed by atoms with Gasteiger partial charge in [-0.1, -0.05) is 91.0 Å². The molecule has 0 aliphatic carbocycles. The zero-order valence-electron chi connectivity index (χ0n) is 36.8. The van der Waals surface area contributed by atoms with Gasteiger partial charge in [-0.15, -0.1) is 0 Å². The highest BCUT2D eigenvalue weighted by Crippen LogP contribution is 2.26. The number of ether oxygens (including phenoxy) is 3. The van der Waals surface area contributed by atoms with E-state index in [0.717, 1.165) is 45.8 Å². The Balaban J connectivity index is 0.000000197. The van der Waals surface area contributed by atoms with Crippen LogP contribution in [0.25, 0.3) is 21.5 Å². The number of hydrogen-bond acceptors (Lipinski definition) is 14. The second-order valence-electron chi connectivity index (χ2n) is 14.7. The molecule has 0 atom stereocenters. The Labute approximate surface area is 380 Å². The zero-order chi connectivity index (χ0) is 46.3. The van der Waals surface area contributed by atoms with Crippen LogP contribution >= 0.6 is 0 Å². The van der Waals surface area contributed by atoms with E-state index in [1.54, 1.807) is 57.9 Å². The van der Waals surface area contributed by atoms with Crippen molar-refractivity contribution in [2.24, 2.45) is 0 Å². The molecule has 0 amide bonds. The highest BCUT2D eigenvalue weighted by atomic mass is 16.5. The second kappa shape index (κ2) is 22.4. The summed E-state index contributed by atoms with van der Waals surface area (Å²) in [5.74, 6) is -0.483. The van der Waals surface area contributed by atoms with Crippen LogP contribution in [0.5, 0.6) is 5.75 Å². The highest BCUT2D eigenvalue weighted by Gasteiger charge is 2.18. The van der Waals surface area contributed by atoms with Crippen LogP contribution in [-0.4, -0.2) is 68.3 Å². The number of benzene rings is 4. The molecule has 0 bridgehead atoms. The van der Waals surface area contributed by atoms with Gasteiger partial charge in [-0.05, 0) is 50.1 Å². The van der Waals surface area contributed by atoms with Crippen molar-refractivity contribution in [1.82, 2.24) is 34.8 Å². The van der Waals surface area contributed by atoms with Gasteiger partial charge in [0, 0.05) is 65.7 Å². The van der Waals surface area contributed by atoms with Crippen LogP contribution in [0, 0.1) is 0 Å². The first-order chi connectivity index (χ1) is 32.2. The summed E-state index contributed by atoms with van der Waals surface area (Å²) in [6, 6.07) is 35.7. The van der Waals surface area contributed by atoms with E-state index >= 15 is 0 Å². The molecule has 0 radical (unpaired) electrons. The Morgan fingerprint density at radius 3 is 1.62 bits per heavy atom. The number of hydrogen-bond donors (Lipinski definition) is 3. The number of carbonyl (C=O) groups excluding carboxylic acids is 2. The number of rotatable bonds is 17. The third kappa shape index (κ3) is 11.7. The molecule has 0 saturated heterocycles. The topological polar surface area (TPSA) is 193 Å². The molecule has 8 aromatic rings. The lowest BCUT2D eigenvalue weighted by Crippen LogP contribution is -2.28. The number of fused-ring (bicyclic) bond motifs is 2. The number of pyridine rings is 2. The van der Waals surface area contributed by atoms with Gasteiger partial charge in [-0.2, -0.15) is 10.2 Å². The summed E-state index contributed by atoms with van der Waals surface area (Å²) < 4.78 is 18.4. The Morgan fingerprint density at radius 2 is 1.09 bits per heavy atom. The molecule has 0 aliphatic heterocycles. The molecule has 0 aliphatic rings. The summed E-state index contributed by atoms with van der Waals surface area (Å²) in [7, 11) is 1.59. The molecule has 4 aromatic heterocycles. The monoisotopic (exact) mass is 887 g/mol. The van der Waals surface area contributed by atoms with Crippen LogP contribution in [0.4, 0.5) is 22.7 Å². The smallest absolute Gasteiger partial charge is 0.359 e. The number of carbonyl (C=O) groups is 2. The first-order valence-electron chi connectivity index (χ1n) is 21.4. The molecular formula is C50H49N9O7. The van der Waals surface area contributed by atoms with Crippen molar-refractivity contribution in [2.75, 3.05) is 37.4 Å². The lowest BCUT2D eigenvalue weighted by atomic mass is 10.1. The molecule has 16 nitrogen and oxygen atoms in total. The van der Waals surface area contributed by atoms with Crippen LogP contribution in [-0.2, 0) is 35.6 Å². The molecule has 66 heavy (non-hydrogen) atoms. The number of esters is 2. The fourth-order valence-electron chi connectivity index (χ4n) is 6.85. The van der Waals surface area contributed by atoms with Gasteiger partial charge in [0.2, 0.25) is 0 Å². The maximum Gasteiger partial charge on any atom is 0.359 e. The van der Waals surface area contributed by atoms with Crippen LogP contribution < -0.4 is 31.8 Å². The predicted octanol–water partition coefficient (Wildman–Crippen LogP) is 7.46. The normalized spacial score (nSPS) is 10.8. The van der Waals surface area contributed by atoms with E-state index in [2.05, 4.69) is 48.2 Å². The van der Waals surface area contributed by atoms with Gasteiger partial charge in [0.25, 0.3) is 11.1 Å². The van der Waals surface area contributed by atoms with Gasteiger partial charge >= 0.3 is 11.9 Å². The fourth-order valence-corrected chi connectivity index (χ4v) is 6.85. The Morgan fingerprint density at radius 1 is 0.576 bits per heavy atom. The van der Waals surface area contributed by atoms with Gasteiger partial charge < -0.3 is 30.2 Å². The Kier molecular flexibility index (Phi) is 15.5. The molecule has 8 rings (SSSR count). The van der Waals surface area contributed by atoms with E-state index in [1.165, 1.54) is 27.1 Å². The van der Waals surface area contributed by atoms with Crippen molar-refractivity contribution in [3.8, 4) is 5.75 Å². The number of aryl methyl sites for hydroxylation is 2. The Hall–Kier alpha value is -8.24. The number of nitrogens with zero attached hydrogens (tertiary/aromatic N) is 6. The van der Waals surface area contributed by atoms with Gasteiger partial charge in [-0.25, -0.2) is 19.0 Å². The summed E-state index contributed by atoms with van der Waals surface area (Å²) in [6.07, 6.45) is 7.70. The number of nitrogens with one attached hydrogen (secondary N) is 3. The van der Waals surface area contributed by atoms with E-state index in [4.69, 9.17) is 14.2 Å². The minimum Gasteiger partial charge on any atom is -0.497 e. The first-order valence-corrected chi connectivity index (χ1v) is 21.4. The van der Waals surface area contributed by atoms with Crippen molar-refractivity contribution >= 4 is 56.2 Å². The van der Waals surface area contributed by atoms with Gasteiger partial charge in [0.1, 0.15) is 30.3 Å². The van der Waals surface area contributed by atoms with Crippen molar-refractivity contribution in [3.05, 3.63) is 183 Å². The van der Waals surface area contributed by atoms with E-state index < -0.39 is 11.9 Å². The van der Waals surface area contributed by atoms with Crippen molar-refractivity contribution in [3.63, 3.8) is 0 Å². The molecule has 0 fully saturated rings. The van der Waals surface area contributed by atoms with Gasteiger partial charge in [0.15, 0.2) is 11.4 Å².